The van der Waals surface area contributed by atoms with Crippen LogP contribution in [0, 0.1) is 10.1 Å². The summed E-state index contributed by atoms with van der Waals surface area (Å²) < 4.78 is 0. The highest BCUT2D eigenvalue weighted by Crippen LogP contribution is 2.31. The number of non-ortho nitro benzene ring substituents is 1. The number of hydrogen-bond donors (Lipinski definition) is 2. The zero-order valence-electron chi connectivity index (χ0n) is 12.5. The first-order valence-corrected chi connectivity index (χ1v) is 7.63. The van der Waals surface area contributed by atoms with E-state index in [1.165, 1.54) is 12.3 Å². The van der Waals surface area contributed by atoms with Crippen molar-refractivity contribution in [2.75, 3.05) is 11.9 Å². The van der Waals surface area contributed by atoms with Gasteiger partial charge in [0.25, 0.3) is 5.69 Å². The third-order valence-corrected chi connectivity index (χ3v) is 4.09. The fraction of sp³-hybridized carbons (Fsp3) is 0.118. The van der Waals surface area contributed by atoms with Crippen molar-refractivity contribution in [2.24, 2.45) is 0 Å². The van der Waals surface area contributed by atoms with Gasteiger partial charge < -0.3 is 10.4 Å². The molecule has 1 aromatic heterocycles. The molecule has 0 saturated heterocycles. The van der Waals surface area contributed by atoms with E-state index in [4.69, 9.17) is 11.6 Å². The number of aromatic nitrogens is 1. The molecule has 3 rings (SSSR count). The summed E-state index contributed by atoms with van der Waals surface area (Å²) in [4.78, 5) is 14.6. The predicted octanol–water partition coefficient (Wildman–Crippen LogP) is 3.94. The first kappa shape index (κ1) is 16.2. The fourth-order valence-corrected chi connectivity index (χ4v) is 2.81. The van der Waals surface area contributed by atoms with Crippen molar-refractivity contribution in [1.29, 1.82) is 0 Å². The number of anilines is 1. The van der Waals surface area contributed by atoms with E-state index in [0.717, 1.165) is 0 Å². The number of nitrogens with zero attached hydrogens (tertiary/aromatic N) is 2. The van der Waals surface area contributed by atoms with Crippen molar-refractivity contribution in [3.63, 3.8) is 0 Å². The van der Waals surface area contributed by atoms with E-state index >= 15 is 0 Å². The van der Waals surface area contributed by atoms with Crippen molar-refractivity contribution < 1.29 is 10.0 Å². The fourth-order valence-electron chi connectivity index (χ4n) is 2.55. The average molecular weight is 344 g/mol. The molecule has 0 radical (unpaired) electrons. The van der Waals surface area contributed by atoms with E-state index in [-0.39, 0.29) is 12.2 Å². The van der Waals surface area contributed by atoms with Gasteiger partial charge in [-0.15, -0.1) is 0 Å². The molecule has 3 aromatic rings. The lowest BCUT2D eigenvalue weighted by Gasteiger charge is -2.15. The van der Waals surface area contributed by atoms with Gasteiger partial charge in [0.1, 0.15) is 0 Å². The largest absolute Gasteiger partial charge is 0.387 e. The quantitative estimate of drug-likeness (QED) is 0.541. The molecule has 0 saturated carbocycles. The number of halogens is 1. The summed E-state index contributed by atoms with van der Waals surface area (Å²) in [5.41, 5.74) is 1.30. The van der Waals surface area contributed by atoms with E-state index in [1.54, 1.807) is 42.6 Å². The third-order valence-electron chi connectivity index (χ3n) is 3.74. The van der Waals surface area contributed by atoms with E-state index in [9.17, 15) is 15.2 Å². The van der Waals surface area contributed by atoms with Crippen molar-refractivity contribution in [1.82, 2.24) is 4.98 Å². The van der Waals surface area contributed by atoms with E-state index < -0.39 is 11.0 Å². The molecule has 7 heteroatoms. The van der Waals surface area contributed by atoms with Crippen molar-refractivity contribution in [3.8, 4) is 0 Å². The van der Waals surface area contributed by atoms with Crippen LogP contribution >= 0.6 is 11.6 Å². The van der Waals surface area contributed by atoms with Crippen LogP contribution in [0.15, 0.2) is 54.9 Å². The minimum absolute atomic E-state index is 0.00435. The molecule has 122 valence electrons. The maximum atomic E-state index is 11.1. The van der Waals surface area contributed by atoms with Crippen LogP contribution in [0.3, 0.4) is 0 Å². The Morgan fingerprint density at radius 3 is 2.75 bits per heavy atom. The van der Waals surface area contributed by atoms with Crippen molar-refractivity contribution in [2.45, 2.75) is 6.10 Å². The second kappa shape index (κ2) is 6.82. The summed E-state index contributed by atoms with van der Waals surface area (Å²) in [7, 11) is 0. The molecule has 0 aliphatic carbocycles. The van der Waals surface area contributed by atoms with Crippen LogP contribution in [0.25, 0.3) is 10.8 Å². The van der Waals surface area contributed by atoms with Gasteiger partial charge in [0.2, 0.25) is 0 Å². The molecule has 2 N–H and O–H groups in total. The molecule has 1 heterocycles. The summed E-state index contributed by atoms with van der Waals surface area (Å²) in [6, 6.07) is 11.8. The maximum absolute atomic E-state index is 11.1. The van der Waals surface area contributed by atoms with Crippen LogP contribution in [0.1, 0.15) is 11.7 Å². The van der Waals surface area contributed by atoms with Gasteiger partial charge in [0.15, 0.2) is 0 Å². The van der Waals surface area contributed by atoms with Crippen LogP contribution in [0.5, 0.6) is 0 Å². The molecular weight excluding hydrogens is 330 g/mol. The monoisotopic (exact) mass is 343 g/mol. The number of aliphatic hydroxyl groups excluding tert-OH is 1. The highest BCUT2D eigenvalue weighted by atomic mass is 35.5. The third kappa shape index (κ3) is 3.15. The number of benzene rings is 2. The van der Waals surface area contributed by atoms with Gasteiger partial charge in [-0.25, -0.2) is 0 Å². The predicted molar refractivity (Wildman–Crippen MR) is 93.3 cm³/mol. The number of fused-ring (bicyclic) bond motifs is 1. The van der Waals surface area contributed by atoms with Crippen LogP contribution in [0.2, 0.25) is 5.02 Å². The normalized spacial score (nSPS) is 12.1. The summed E-state index contributed by atoms with van der Waals surface area (Å²) in [5, 5.41) is 26.2. The summed E-state index contributed by atoms with van der Waals surface area (Å²) in [6.45, 7) is 0.221. The first-order chi connectivity index (χ1) is 11.6. The molecule has 0 amide bonds. The lowest BCUT2D eigenvalue weighted by molar-refractivity contribution is -0.383. The van der Waals surface area contributed by atoms with Crippen molar-refractivity contribution in [3.05, 3.63) is 75.6 Å². The molecule has 1 unspecified atom stereocenters. The smallest absolute Gasteiger partial charge is 0.278 e. The molecule has 0 spiro atoms. The molecule has 6 nitrogen and oxygen atoms in total. The molecular formula is C17H14ClN3O3. The lowest BCUT2D eigenvalue weighted by atomic mass is 10.1. The number of rotatable bonds is 5. The summed E-state index contributed by atoms with van der Waals surface area (Å²) in [6.07, 6.45) is 2.23. The minimum atomic E-state index is -0.800. The minimum Gasteiger partial charge on any atom is -0.387 e. The van der Waals surface area contributed by atoms with Gasteiger partial charge in [0.05, 0.1) is 16.4 Å². The number of nitro benzene ring substituents is 1. The topological polar surface area (TPSA) is 88.3 Å². The number of nitro groups is 1. The summed E-state index contributed by atoms with van der Waals surface area (Å²) >= 11 is 6.08. The number of pyridine rings is 1. The zero-order valence-corrected chi connectivity index (χ0v) is 13.3. The van der Waals surface area contributed by atoms with Gasteiger partial charge in [-0.1, -0.05) is 29.8 Å². The Bertz CT molecular complexity index is 901. The van der Waals surface area contributed by atoms with Crippen LogP contribution in [-0.2, 0) is 0 Å². The van der Waals surface area contributed by atoms with Gasteiger partial charge in [-0.3, -0.25) is 15.1 Å². The van der Waals surface area contributed by atoms with Gasteiger partial charge >= 0.3 is 0 Å². The molecule has 2 aromatic carbocycles. The Kier molecular flexibility index (Phi) is 4.59. The standard InChI is InChI=1S/C17H14ClN3O3/c18-14-4-2-1-3-12(14)17(22)10-20-15-5-6-16(21(23)24)13-9-19-8-7-11(13)15/h1-9,17,20,22H,10H2. The first-order valence-electron chi connectivity index (χ1n) is 7.25. The van der Waals surface area contributed by atoms with Crippen LogP contribution in [0.4, 0.5) is 11.4 Å². The van der Waals surface area contributed by atoms with Crippen LogP contribution in [-0.4, -0.2) is 21.6 Å². The number of nitrogens with one attached hydrogen (secondary N) is 1. The maximum Gasteiger partial charge on any atom is 0.278 e. The second-order valence-electron chi connectivity index (χ2n) is 5.23. The Labute approximate surface area is 142 Å². The molecule has 0 aliphatic heterocycles. The second-order valence-corrected chi connectivity index (χ2v) is 5.64. The molecule has 24 heavy (non-hydrogen) atoms. The highest BCUT2D eigenvalue weighted by molar-refractivity contribution is 6.31. The van der Waals surface area contributed by atoms with E-state index in [2.05, 4.69) is 10.3 Å². The Balaban J connectivity index is 1.87. The molecule has 0 bridgehead atoms. The Morgan fingerprint density at radius 1 is 1.21 bits per heavy atom. The van der Waals surface area contributed by atoms with Gasteiger partial charge in [0, 0.05) is 46.7 Å². The summed E-state index contributed by atoms with van der Waals surface area (Å²) in [5.74, 6) is 0. The highest BCUT2D eigenvalue weighted by Gasteiger charge is 2.16. The zero-order chi connectivity index (χ0) is 17.1. The Morgan fingerprint density at radius 2 is 2.00 bits per heavy atom. The lowest BCUT2D eigenvalue weighted by Crippen LogP contribution is -2.12. The number of hydrogen-bond acceptors (Lipinski definition) is 5. The molecule has 0 aliphatic rings. The van der Waals surface area contributed by atoms with Gasteiger partial charge in [-0.2, -0.15) is 0 Å². The molecule has 0 fully saturated rings. The SMILES string of the molecule is O=[N+]([O-])c1ccc(NCC(O)c2ccccc2Cl)c2ccncc12. The number of aliphatic hydroxyl groups is 1. The van der Waals surface area contributed by atoms with Crippen molar-refractivity contribution >= 4 is 33.7 Å². The van der Waals surface area contributed by atoms with Crippen LogP contribution < -0.4 is 5.32 Å². The molecule has 1 atom stereocenters. The van der Waals surface area contributed by atoms with E-state index in [0.29, 0.717) is 27.0 Å². The average Bonchev–Trinajstić information content (AvgIpc) is 2.59. The Hall–Kier alpha value is -2.70. The van der Waals surface area contributed by atoms with E-state index in [1.807, 2.05) is 0 Å². The van der Waals surface area contributed by atoms with Gasteiger partial charge in [-0.05, 0) is 18.2 Å².